The molecule has 2 aromatic heterocycles. The van der Waals surface area contributed by atoms with E-state index in [1.54, 1.807) is 26.6 Å². The molecule has 16 heteroatoms. The van der Waals surface area contributed by atoms with Gasteiger partial charge in [-0.1, -0.05) is 88.4 Å². The van der Waals surface area contributed by atoms with Crippen LogP contribution in [0, 0.1) is 23.2 Å². The Morgan fingerprint density at radius 1 is 0.838 bits per heavy atom. The standard InChI is InChI=1S/C52H69N8O7P/c1-12-28-63-48-47(67-68(65-29-16-27-53)60(38(6)7)39(8)9)45(66-51(48)59-35-56-46-49(54-33-55-50(46)59)57-34-58(30-36(2)3)31-37(4)5)32-64-52(40-17-14-13-15-18-40,41-19-23-43(61-10)24-20-41)42-21-25-44(62-11)26-22-42/h12-15,17-26,33-39,45,47-48,51H,1,16,28-32H2,2-11H3/b57-34-/t45-,47-,48-,51-,68?/m1/s1. The smallest absolute Gasteiger partial charge is 0.259 e. The number of nitriles is 1. The average Bonchev–Trinajstić information content (AvgIpc) is 3.91. The van der Waals surface area contributed by atoms with Gasteiger partial charge in [-0.15, -0.1) is 6.58 Å². The molecule has 1 aliphatic rings. The molecule has 1 fully saturated rings. The molecule has 3 heterocycles. The highest BCUT2D eigenvalue weighted by molar-refractivity contribution is 7.44. The number of nitrogens with zero attached hydrogens (tertiary/aromatic N) is 8. The molecule has 1 unspecified atom stereocenters. The Labute approximate surface area is 404 Å². The van der Waals surface area contributed by atoms with Gasteiger partial charge in [-0.2, -0.15) is 5.26 Å². The molecule has 5 atom stereocenters. The highest BCUT2D eigenvalue weighted by Gasteiger charge is 2.51. The zero-order valence-electron chi connectivity index (χ0n) is 41.3. The maximum absolute atomic E-state index is 9.58. The number of hydrogen-bond donors (Lipinski definition) is 0. The van der Waals surface area contributed by atoms with E-state index in [9.17, 15) is 5.26 Å². The van der Waals surface area contributed by atoms with E-state index in [0.717, 1.165) is 29.8 Å². The molecule has 0 bridgehead atoms. The van der Waals surface area contributed by atoms with E-state index < -0.39 is 38.7 Å². The molecule has 0 N–H and O–H groups in total. The van der Waals surface area contributed by atoms with Crippen LogP contribution in [0.25, 0.3) is 11.2 Å². The fourth-order valence-electron chi connectivity index (χ4n) is 8.59. The number of aromatic nitrogens is 4. The third kappa shape index (κ3) is 12.5. The largest absolute Gasteiger partial charge is 0.497 e. The Balaban J connectivity index is 1.50. The Morgan fingerprint density at radius 3 is 1.99 bits per heavy atom. The lowest BCUT2D eigenvalue weighted by Crippen LogP contribution is -2.43. The van der Waals surface area contributed by atoms with Crippen LogP contribution >= 0.6 is 8.53 Å². The zero-order chi connectivity index (χ0) is 48.8. The Bertz CT molecular complexity index is 2330. The van der Waals surface area contributed by atoms with Crippen molar-refractivity contribution >= 4 is 31.8 Å². The molecule has 5 aromatic rings. The summed E-state index contributed by atoms with van der Waals surface area (Å²) in [5.41, 5.74) is 2.47. The number of rotatable bonds is 26. The minimum absolute atomic E-state index is 0.0193. The SMILES string of the molecule is C=CCO[C@@H]1[C@H](OP(OCCC#N)N(C(C)C)C(C)C)[C@@H](COC(c2ccccc2)(c2ccc(OC)cc2)c2ccc(OC)cc2)O[C@H]1n1cnc2c(/N=C\N(CC(C)C)CC(C)C)ncnc21. The lowest BCUT2D eigenvalue weighted by molar-refractivity contribution is -0.0945. The second-order valence-electron chi connectivity index (χ2n) is 18.1. The van der Waals surface area contributed by atoms with E-state index in [-0.39, 0.29) is 38.3 Å². The third-order valence-corrected chi connectivity index (χ3v) is 13.5. The monoisotopic (exact) mass is 949 g/mol. The van der Waals surface area contributed by atoms with Crippen LogP contribution in [0.5, 0.6) is 11.5 Å². The van der Waals surface area contributed by atoms with E-state index in [1.165, 1.54) is 6.33 Å². The van der Waals surface area contributed by atoms with Crippen molar-refractivity contribution in [1.82, 2.24) is 29.1 Å². The van der Waals surface area contributed by atoms with Crippen LogP contribution in [0.1, 0.15) is 84.7 Å². The van der Waals surface area contributed by atoms with Gasteiger partial charge in [0.15, 0.2) is 23.2 Å². The van der Waals surface area contributed by atoms with E-state index in [0.29, 0.717) is 40.3 Å². The van der Waals surface area contributed by atoms with Crippen LogP contribution in [0.2, 0.25) is 0 Å². The first-order valence-corrected chi connectivity index (χ1v) is 24.5. The summed E-state index contributed by atoms with van der Waals surface area (Å²) in [6.45, 7) is 23.3. The minimum Gasteiger partial charge on any atom is -0.497 e. The normalized spacial score (nSPS) is 18.1. The summed E-state index contributed by atoms with van der Waals surface area (Å²) in [6, 6.07) is 28.2. The van der Waals surface area contributed by atoms with Gasteiger partial charge in [0.2, 0.25) is 0 Å². The van der Waals surface area contributed by atoms with Crippen molar-refractivity contribution in [2.45, 2.75) is 104 Å². The maximum atomic E-state index is 9.58. The van der Waals surface area contributed by atoms with Gasteiger partial charge in [0, 0.05) is 25.2 Å². The van der Waals surface area contributed by atoms with E-state index >= 15 is 0 Å². The fourth-order valence-corrected chi connectivity index (χ4v) is 10.4. The molecule has 0 saturated carbocycles. The zero-order valence-corrected chi connectivity index (χ0v) is 42.2. The van der Waals surface area contributed by atoms with Crippen molar-refractivity contribution in [2.24, 2.45) is 16.8 Å². The number of ether oxygens (including phenoxy) is 5. The van der Waals surface area contributed by atoms with Gasteiger partial charge >= 0.3 is 0 Å². The van der Waals surface area contributed by atoms with Crippen molar-refractivity contribution in [3.63, 3.8) is 0 Å². The van der Waals surface area contributed by atoms with Gasteiger partial charge < -0.3 is 37.6 Å². The molecule has 0 spiro atoms. The molecule has 1 aliphatic heterocycles. The number of methoxy groups -OCH3 is 2. The summed E-state index contributed by atoms with van der Waals surface area (Å²) in [5.74, 6) is 2.74. The van der Waals surface area contributed by atoms with Crippen molar-refractivity contribution in [1.29, 1.82) is 5.26 Å². The summed E-state index contributed by atoms with van der Waals surface area (Å²) < 4.78 is 50.5. The quantitative estimate of drug-likeness (QED) is 0.0129. The number of fused-ring (bicyclic) bond motifs is 1. The van der Waals surface area contributed by atoms with Crippen LogP contribution in [0.15, 0.2) is 109 Å². The summed E-state index contributed by atoms with van der Waals surface area (Å²) >= 11 is 0. The number of imidazole rings is 1. The molecule has 0 aliphatic carbocycles. The second-order valence-corrected chi connectivity index (χ2v) is 19.5. The first kappa shape index (κ1) is 52.1. The van der Waals surface area contributed by atoms with Crippen LogP contribution < -0.4 is 9.47 Å². The Kier molecular flexibility index (Phi) is 19.0. The van der Waals surface area contributed by atoms with Crippen molar-refractivity contribution in [2.75, 3.05) is 47.1 Å². The van der Waals surface area contributed by atoms with Gasteiger partial charge in [0.05, 0.1) is 59.2 Å². The predicted molar refractivity (Wildman–Crippen MR) is 267 cm³/mol. The first-order chi connectivity index (χ1) is 32.8. The van der Waals surface area contributed by atoms with Gasteiger partial charge in [-0.05, 0) is 80.5 Å². The average molecular weight is 949 g/mol. The molecule has 68 heavy (non-hydrogen) atoms. The number of hydrogen-bond acceptors (Lipinski definition) is 13. The molecule has 0 radical (unpaired) electrons. The highest BCUT2D eigenvalue weighted by atomic mass is 31.2. The van der Waals surface area contributed by atoms with Crippen molar-refractivity contribution in [3.05, 3.63) is 121 Å². The molecule has 3 aromatic carbocycles. The van der Waals surface area contributed by atoms with Gasteiger partial charge in [0.25, 0.3) is 8.53 Å². The molecule has 1 saturated heterocycles. The first-order valence-electron chi connectivity index (χ1n) is 23.4. The van der Waals surface area contributed by atoms with E-state index in [2.05, 4.69) is 94.7 Å². The summed E-state index contributed by atoms with van der Waals surface area (Å²) in [5, 5.41) is 9.58. The molecule has 6 rings (SSSR count). The van der Waals surface area contributed by atoms with Gasteiger partial charge in [-0.3, -0.25) is 4.57 Å². The number of benzene rings is 3. The van der Waals surface area contributed by atoms with Crippen molar-refractivity contribution in [3.8, 4) is 17.6 Å². The summed E-state index contributed by atoms with van der Waals surface area (Å²) in [6.07, 6.45) is 3.81. The predicted octanol–water partition coefficient (Wildman–Crippen LogP) is 10.3. The van der Waals surface area contributed by atoms with Gasteiger partial charge in [-0.25, -0.2) is 24.6 Å². The second kappa shape index (κ2) is 24.8. The molecule has 0 amide bonds. The molecule has 15 nitrogen and oxygen atoms in total. The topological polar surface area (TPSA) is 151 Å². The maximum Gasteiger partial charge on any atom is 0.259 e. The van der Waals surface area contributed by atoms with E-state index in [4.69, 9.17) is 47.7 Å². The Morgan fingerprint density at radius 2 is 1.44 bits per heavy atom. The lowest BCUT2D eigenvalue weighted by Gasteiger charge is -2.39. The third-order valence-electron chi connectivity index (χ3n) is 11.4. The minimum atomic E-state index is -1.78. The van der Waals surface area contributed by atoms with Crippen LogP contribution in [0.4, 0.5) is 5.82 Å². The van der Waals surface area contributed by atoms with Crippen LogP contribution in [-0.2, 0) is 28.9 Å². The molecular formula is C52H69N8O7P. The van der Waals surface area contributed by atoms with Crippen LogP contribution in [-0.4, -0.2) is 113 Å². The summed E-state index contributed by atoms with van der Waals surface area (Å²) in [4.78, 5) is 21.2. The molecule has 364 valence electrons. The Hall–Kier alpha value is -5.30. The van der Waals surface area contributed by atoms with Crippen molar-refractivity contribution < 1.29 is 32.7 Å². The van der Waals surface area contributed by atoms with E-state index in [1.807, 2.05) is 77.6 Å². The van der Waals surface area contributed by atoms with Gasteiger partial charge in [0.1, 0.15) is 41.7 Å². The summed E-state index contributed by atoms with van der Waals surface area (Å²) in [7, 11) is 1.52. The number of aliphatic imine (C=N–C) groups is 1. The highest BCUT2D eigenvalue weighted by Crippen LogP contribution is 2.51. The lowest BCUT2D eigenvalue weighted by atomic mass is 9.80. The molecular weight excluding hydrogens is 880 g/mol. The van der Waals surface area contributed by atoms with Crippen LogP contribution in [0.3, 0.4) is 0 Å². The fraction of sp³-hybridized carbons (Fsp3) is 0.481.